The maximum atomic E-state index is 11.8. The Kier molecular flexibility index (Phi) is 6.22. The third-order valence-corrected chi connectivity index (χ3v) is 2.85. The molecule has 0 aliphatic heterocycles. The Morgan fingerprint density at radius 3 is 2.75 bits per heavy atom. The maximum absolute atomic E-state index is 11.8. The lowest BCUT2D eigenvalue weighted by Crippen LogP contribution is -2.28. The standard InChI is InChI=1S/C15H18N4O/c1-12(9-16)11-19(2)8-7-15(20)18-14-6-4-3-5-13(14)10-17/h3-6,12H,7-8,11H2,1-2H3,(H,18,20). The van der Waals surface area contributed by atoms with Gasteiger partial charge >= 0.3 is 0 Å². The van der Waals surface area contributed by atoms with Crippen LogP contribution in [0.3, 0.4) is 0 Å². The number of nitriles is 2. The van der Waals surface area contributed by atoms with E-state index in [1.165, 1.54) is 0 Å². The van der Waals surface area contributed by atoms with Crippen LogP contribution in [0.1, 0.15) is 18.9 Å². The first-order valence-electron chi connectivity index (χ1n) is 6.44. The van der Waals surface area contributed by atoms with Gasteiger partial charge < -0.3 is 10.2 Å². The average Bonchev–Trinajstić information content (AvgIpc) is 2.45. The average molecular weight is 270 g/mol. The molecule has 1 aromatic carbocycles. The van der Waals surface area contributed by atoms with Crippen LogP contribution in [0.2, 0.25) is 0 Å². The monoisotopic (exact) mass is 270 g/mol. The van der Waals surface area contributed by atoms with E-state index in [4.69, 9.17) is 10.5 Å². The SMILES string of the molecule is CC(C#N)CN(C)CCC(=O)Nc1ccccc1C#N. The van der Waals surface area contributed by atoms with E-state index in [1.807, 2.05) is 24.9 Å². The van der Waals surface area contributed by atoms with Gasteiger partial charge in [-0.2, -0.15) is 10.5 Å². The summed E-state index contributed by atoms with van der Waals surface area (Å²) in [5, 5.41) is 20.4. The Morgan fingerprint density at radius 2 is 2.10 bits per heavy atom. The Balaban J connectivity index is 2.45. The first-order chi connectivity index (χ1) is 9.56. The molecule has 1 unspecified atom stereocenters. The molecule has 104 valence electrons. The van der Waals surface area contributed by atoms with Crippen molar-refractivity contribution >= 4 is 11.6 Å². The van der Waals surface area contributed by atoms with Crippen LogP contribution in [0.5, 0.6) is 0 Å². The first kappa shape index (κ1) is 15.7. The Bertz CT molecular complexity index is 542. The quantitative estimate of drug-likeness (QED) is 0.857. The van der Waals surface area contributed by atoms with E-state index in [1.54, 1.807) is 24.3 Å². The molecule has 0 bridgehead atoms. The Morgan fingerprint density at radius 1 is 1.40 bits per heavy atom. The van der Waals surface area contributed by atoms with Gasteiger partial charge in [0.15, 0.2) is 0 Å². The molecule has 0 saturated heterocycles. The van der Waals surface area contributed by atoms with Crippen LogP contribution in [0.15, 0.2) is 24.3 Å². The Hall–Kier alpha value is -2.37. The molecule has 0 aliphatic carbocycles. The van der Waals surface area contributed by atoms with Gasteiger partial charge in [-0.3, -0.25) is 4.79 Å². The minimum Gasteiger partial charge on any atom is -0.325 e. The van der Waals surface area contributed by atoms with Gasteiger partial charge in [-0.05, 0) is 26.1 Å². The van der Waals surface area contributed by atoms with Crippen LogP contribution < -0.4 is 5.32 Å². The van der Waals surface area contributed by atoms with Gasteiger partial charge in [0.25, 0.3) is 0 Å². The van der Waals surface area contributed by atoms with Crippen LogP contribution in [0.25, 0.3) is 0 Å². The van der Waals surface area contributed by atoms with Gasteiger partial charge in [0.05, 0.1) is 23.2 Å². The second-order valence-corrected chi connectivity index (χ2v) is 4.75. The summed E-state index contributed by atoms with van der Waals surface area (Å²) in [6.45, 7) is 3.06. The number of nitrogens with one attached hydrogen (secondary N) is 1. The second-order valence-electron chi connectivity index (χ2n) is 4.75. The van der Waals surface area contributed by atoms with Crippen LogP contribution in [-0.4, -0.2) is 30.9 Å². The van der Waals surface area contributed by atoms with Gasteiger partial charge in [-0.25, -0.2) is 0 Å². The molecule has 0 aliphatic rings. The zero-order chi connectivity index (χ0) is 15.0. The number of carbonyl (C=O) groups is 1. The molecule has 1 atom stereocenters. The van der Waals surface area contributed by atoms with E-state index in [0.717, 1.165) is 0 Å². The van der Waals surface area contributed by atoms with Crippen LogP contribution in [-0.2, 0) is 4.79 Å². The number of para-hydroxylation sites is 1. The minimum absolute atomic E-state index is 0.0534. The first-order valence-corrected chi connectivity index (χ1v) is 6.44. The summed E-state index contributed by atoms with van der Waals surface area (Å²) in [6.07, 6.45) is 0.328. The van der Waals surface area contributed by atoms with Crippen molar-refractivity contribution in [1.82, 2.24) is 4.90 Å². The smallest absolute Gasteiger partial charge is 0.225 e. The van der Waals surface area contributed by atoms with Crippen LogP contribution in [0.4, 0.5) is 5.69 Å². The molecule has 1 N–H and O–H groups in total. The molecule has 0 saturated carbocycles. The number of benzene rings is 1. The molecule has 1 rings (SSSR count). The zero-order valence-electron chi connectivity index (χ0n) is 11.8. The normalized spacial score (nSPS) is 11.4. The van der Waals surface area contributed by atoms with Crippen molar-refractivity contribution in [3.05, 3.63) is 29.8 Å². The van der Waals surface area contributed by atoms with Gasteiger partial charge in [0.1, 0.15) is 6.07 Å². The predicted molar refractivity (Wildman–Crippen MR) is 76.7 cm³/mol. The largest absolute Gasteiger partial charge is 0.325 e. The highest BCUT2D eigenvalue weighted by Gasteiger charge is 2.09. The highest BCUT2D eigenvalue weighted by molar-refractivity contribution is 5.92. The molecule has 0 heterocycles. The molecule has 5 nitrogen and oxygen atoms in total. The highest BCUT2D eigenvalue weighted by Crippen LogP contribution is 2.13. The second kappa shape index (κ2) is 7.93. The fourth-order valence-corrected chi connectivity index (χ4v) is 1.79. The molecular formula is C15H18N4O. The van der Waals surface area contributed by atoms with E-state index in [-0.39, 0.29) is 11.8 Å². The molecule has 1 amide bonds. The van der Waals surface area contributed by atoms with E-state index in [9.17, 15) is 4.79 Å². The summed E-state index contributed by atoms with van der Waals surface area (Å²) in [6, 6.07) is 11.1. The molecule has 0 spiro atoms. The van der Waals surface area contributed by atoms with Crippen LogP contribution >= 0.6 is 0 Å². The number of rotatable bonds is 6. The lowest BCUT2D eigenvalue weighted by atomic mass is 10.2. The molecule has 0 fully saturated rings. The molecule has 5 heteroatoms. The van der Waals surface area contributed by atoms with Crippen molar-refractivity contribution in [3.8, 4) is 12.1 Å². The lowest BCUT2D eigenvalue weighted by molar-refractivity contribution is -0.116. The van der Waals surface area contributed by atoms with Crippen LogP contribution in [0, 0.1) is 28.6 Å². The van der Waals surface area contributed by atoms with Gasteiger partial charge in [0.2, 0.25) is 5.91 Å². The molecule has 0 radical (unpaired) electrons. The highest BCUT2D eigenvalue weighted by atomic mass is 16.1. The maximum Gasteiger partial charge on any atom is 0.225 e. The van der Waals surface area contributed by atoms with Gasteiger partial charge in [-0.15, -0.1) is 0 Å². The number of nitrogens with zero attached hydrogens (tertiary/aromatic N) is 3. The van der Waals surface area contributed by atoms with Crippen molar-refractivity contribution in [1.29, 1.82) is 10.5 Å². The van der Waals surface area contributed by atoms with Crippen molar-refractivity contribution in [3.63, 3.8) is 0 Å². The number of hydrogen-bond donors (Lipinski definition) is 1. The zero-order valence-corrected chi connectivity index (χ0v) is 11.8. The van der Waals surface area contributed by atoms with E-state index in [0.29, 0.717) is 30.8 Å². The molecular weight excluding hydrogens is 252 g/mol. The third-order valence-electron chi connectivity index (χ3n) is 2.85. The summed E-state index contributed by atoms with van der Waals surface area (Å²) < 4.78 is 0. The molecule has 1 aromatic rings. The fraction of sp³-hybridized carbons (Fsp3) is 0.400. The van der Waals surface area contributed by atoms with Gasteiger partial charge in [0, 0.05) is 19.5 Å². The topological polar surface area (TPSA) is 79.9 Å². The summed E-state index contributed by atoms with van der Waals surface area (Å²) in [5.41, 5.74) is 0.986. The Labute approximate surface area is 119 Å². The number of carbonyl (C=O) groups excluding carboxylic acids is 1. The summed E-state index contributed by atoms with van der Waals surface area (Å²) >= 11 is 0. The predicted octanol–water partition coefficient (Wildman–Crippen LogP) is 1.98. The van der Waals surface area contributed by atoms with E-state index in [2.05, 4.69) is 11.4 Å². The summed E-state index contributed by atoms with van der Waals surface area (Å²) in [5.74, 6) is -0.188. The summed E-state index contributed by atoms with van der Waals surface area (Å²) in [7, 11) is 1.88. The third kappa shape index (κ3) is 5.09. The fourth-order valence-electron chi connectivity index (χ4n) is 1.79. The van der Waals surface area contributed by atoms with Crippen molar-refractivity contribution in [2.24, 2.45) is 5.92 Å². The van der Waals surface area contributed by atoms with E-state index < -0.39 is 0 Å². The van der Waals surface area contributed by atoms with Crippen molar-refractivity contribution in [2.75, 3.05) is 25.5 Å². The summed E-state index contributed by atoms with van der Waals surface area (Å²) in [4.78, 5) is 13.8. The number of hydrogen-bond acceptors (Lipinski definition) is 4. The van der Waals surface area contributed by atoms with Crippen molar-refractivity contribution in [2.45, 2.75) is 13.3 Å². The van der Waals surface area contributed by atoms with Crippen molar-refractivity contribution < 1.29 is 4.79 Å². The minimum atomic E-state index is -0.135. The van der Waals surface area contributed by atoms with Gasteiger partial charge in [-0.1, -0.05) is 12.1 Å². The van der Waals surface area contributed by atoms with E-state index >= 15 is 0 Å². The number of anilines is 1. The number of amides is 1. The molecule has 20 heavy (non-hydrogen) atoms. The lowest BCUT2D eigenvalue weighted by Gasteiger charge is -2.17. The molecule has 0 aromatic heterocycles.